The zero-order valence-electron chi connectivity index (χ0n) is 22.2. The molecule has 1 aliphatic carbocycles. The van der Waals surface area contributed by atoms with Crippen molar-refractivity contribution in [2.75, 3.05) is 20.8 Å². The second-order valence-electron chi connectivity index (χ2n) is 10.5. The van der Waals surface area contributed by atoms with Crippen LogP contribution in [0.4, 0.5) is 0 Å². The topological polar surface area (TPSA) is 220 Å². The summed E-state index contributed by atoms with van der Waals surface area (Å²) in [7, 11) is 2.47. The van der Waals surface area contributed by atoms with E-state index >= 15 is 0 Å². The second kappa shape index (κ2) is 10.3. The van der Waals surface area contributed by atoms with Gasteiger partial charge in [0, 0.05) is 11.5 Å². The van der Waals surface area contributed by atoms with Gasteiger partial charge in [0.05, 0.1) is 44.7 Å². The average molecular weight is 593 g/mol. The molecule has 0 radical (unpaired) electrons. The molecule has 11 atom stereocenters. The number of aliphatic hydroxyl groups excluding tert-OH is 4. The van der Waals surface area contributed by atoms with Crippen LogP contribution in [0.2, 0.25) is 0 Å². The van der Waals surface area contributed by atoms with Crippen molar-refractivity contribution in [2.24, 2.45) is 11.8 Å². The van der Waals surface area contributed by atoms with Crippen LogP contribution in [0, 0.1) is 11.8 Å². The molecule has 2 saturated heterocycles. The molecule has 5 N–H and O–H groups in total. The number of methoxy groups -OCH3 is 2. The third-order valence-electron chi connectivity index (χ3n) is 8.30. The number of aromatic hydroxyl groups is 1. The standard InChI is InChI=1S/C27H28O15/c1-36-13-5-9(3-4-12(13)29)17(30)10-6-27(42-24(10)35)16-15(21-22(27)40-21)11(23(34)37-2)8-38-25(16)41-26-20(33)19(32)18(31)14(7-28)39-26/h3-6,8,14-16,18-22,25-26,28-29,31-33H,7H2,1-2H3. The van der Waals surface area contributed by atoms with Gasteiger partial charge < -0.3 is 58.7 Å². The van der Waals surface area contributed by atoms with E-state index in [1.165, 1.54) is 38.5 Å². The Morgan fingerprint density at radius 3 is 2.50 bits per heavy atom. The summed E-state index contributed by atoms with van der Waals surface area (Å²) in [6.45, 7) is -0.704. The minimum atomic E-state index is -1.78. The number of carbonyl (C=O) groups is 3. The fourth-order valence-corrected chi connectivity index (χ4v) is 6.19. The predicted molar refractivity (Wildman–Crippen MR) is 131 cm³/mol. The first-order valence-electron chi connectivity index (χ1n) is 13.0. The maximum Gasteiger partial charge on any atom is 0.342 e. The van der Waals surface area contributed by atoms with Gasteiger partial charge in [-0.3, -0.25) is 4.79 Å². The number of benzene rings is 1. The number of hydrogen-bond acceptors (Lipinski definition) is 15. The van der Waals surface area contributed by atoms with Gasteiger partial charge in [-0.1, -0.05) is 0 Å². The molecule has 1 spiro atoms. The number of epoxide rings is 1. The van der Waals surface area contributed by atoms with Crippen LogP contribution < -0.4 is 4.74 Å². The largest absolute Gasteiger partial charge is 0.504 e. The lowest BCUT2D eigenvalue weighted by Crippen LogP contribution is -2.61. The second-order valence-corrected chi connectivity index (χ2v) is 10.5. The maximum absolute atomic E-state index is 13.4. The van der Waals surface area contributed by atoms with E-state index < -0.39 is 91.0 Å². The molecule has 1 saturated carbocycles. The molecule has 226 valence electrons. The first-order chi connectivity index (χ1) is 20.1. The molecule has 4 heterocycles. The predicted octanol–water partition coefficient (Wildman–Crippen LogP) is -1.95. The Hall–Kier alpha value is -3.57. The number of phenolic OH excluding ortho intramolecular Hbond substituents is 1. The number of hydrogen-bond donors (Lipinski definition) is 5. The van der Waals surface area contributed by atoms with Crippen molar-refractivity contribution in [1.82, 2.24) is 0 Å². The molecule has 15 heteroatoms. The highest BCUT2D eigenvalue weighted by Gasteiger charge is 2.78. The lowest BCUT2D eigenvalue weighted by molar-refractivity contribution is -0.347. The number of fused-ring (bicyclic) bond motifs is 5. The molecule has 11 unspecified atom stereocenters. The number of esters is 2. The molecule has 15 nitrogen and oxygen atoms in total. The van der Waals surface area contributed by atoms with E-state index in [0.29, 0.717) is 0 Å². The van der Waals surface area contributed by atoms with Crippen molar-refractivity contribution in [3.63, 3.8) is 0 Å². The summed E-state index contributed by atoms with van der Waals surface area (Å²) in [5.41, 5.74) is -1.95. The molecule has 0 aromatic heterocycles. The van der Waals surface area contributed by atoms with Crippen LogP contribution in [-0.2, 0) is 38.0 Å². The Labute approximate surface area is 237 Å². The Morgan fingerprint density at radius 2 is 1.81 bits per heavy atom. The summed E-state index contributed by atoms with van der Waals surface area (Å²) < 4.78 is 38.7. The molecule has 0 amide bonds. The van der Waals surface area contributed by atoms with Crippen LogP contribution >= 0.6 is 0 Å². The summed E-state index contributed by atoms with van der Waals surface area (Å²) >= 11 is 0. The zero-order valence-corrected chi connectivity index (χ0v) is 22.2. The summed E-state index contributed by atoms with van der Waals surface area (Å²) in [6, 6.07) is 3.80. The monoisotopic (exact) mass is 592 g/mol. The number of rotatable bonds is 7. The third kappa shape index (κ3) is 4.19. The SMILES string of the molecule is COC(=O)C1=COC(OC2OC(CO)C(O)C(O)C2O)C2C1C1OC1C21C=C(C(=O)c2ccc(O)c(OC)c2)C(=O)O1. The Morgan fingerprint density at radius 1 is 1.05 bits per heavy atom. The Balaban J connectivity index is 1.37. The van der Waals surface area contributed by atoms with Gasteiger partial charge in [-0.2, -0.15) is 0 Å². The summed E-state index contributed by atoms with van der Waals surface area (Å²) in [4.78, 5) is 39.3. The molecule has 3 fully saturated rings. The van der Waals surface area contributed by atoms with Crippen molar-refractivity contribution in [1.29, 1.82) is 0 Å². The highest BCUT2D eigenvalue weighted by molar-refractivity contribution is 6.25. The minimum Gasteiger partial charge on any atom is -0.504 e. The van der Waals surface area contributed by atoms with E-state index in [0.717, 1.165) is 6.26 Å². The van der Waals surface area contributed by atoms with Gasteiger partial charge in [0.1, 0.15) is 36.1 Å². The van der Waals surface area contributed by atoms with E-state index in [1.54, 1.807) is 0 Å². The highest BCUT2D eigenvalue weighted by atomic mass is 16.8. The highest BCUT2D eigenvalue weighted by Crippen LogP contribution is 2.62. The van der Waals surface area contributed by atoms with Crippen molar-refractivity contribution >= 4 is 17.7 Å². The van der Waals surface area contributed by atoms with Gasteiger partial charge in [-0.05, 0) is 24.3 Å². The van der Waals surface area contributed by atoms with Gasteiger partial charge in [0.15, 0.2) is 29.2 Å². The lowest BCUT2D eigenvalue weighted by Gasteiger charge is -2.45. The van der Waals surface area contributed by atoms with Crippen molar-refractivity contribution in [3.05, 3.63) is 47.2 Å². The smallest absolute Gasteiger partial charge is 0.342 e. The number of aliphatic hydroxyl groups is 4. The van der Waals surface area contributed by atoms with Crippen molar-refractivity contribution in [3.8, 4) is 11.5 Å². The fourth-order valence-electron chi connectivity index (χ4n) is 6.19. The van der Waals surface area contributed by atoms with Crippen LogP contribution in [0.3, 0.4) is 0 Å². The lowest BCUT2D eigenvalue weighted by atomic mass is 9.78. The molecule has 1 aromatic carbocycles. The number of ketones is 1. The van der Waals surface area contributed by atoms with Crippen molar-refractivity contribution in [2.45, 2.75) is 54.8 Å². The van der Waals surface area contributed by atoms with Gasteiger partial charge in [-0.25, -0.2) is 9.59 Å². The number of ether oxygens (including phenoxy) is 7. The van der Waals surface area contributed by atoms with Crippen LogP contribution in [0.15, 0.2) is 41.7 Å². The van der Waals surface area contributed by atoms with Crippen molar-refractivity contribution < 1.29 is 73.1 Å². The van der Waals surface area contributed by atoms with Gasteiger partial charge in [-0.15, -0.1) is 0 Å². The molecule has 42 heavy (non-hydrogen) atoms. The molecular weight excluding hydrogens is 564 g/mol. The van der Waals surface area contributed by atoms with E-state index in [2.05, 4.69) is 0 Å². The summed E-state index contributed by atoms with van der Waals surface area (Å²) in [6.07, 6.45) is -8.57. The molecule has 6 rings (SSSR count). The first kappa shape index (κ1) is 28.5. The summed E-state index contributed by atoms with van der Waals surface area (Å²) in [5, 5.41) is 50.4. The molecule has 4 aliphatic heterocycles. The molecule has 0 bridgehead atoms. The first-order valence-corrected chi connectivity index (χ1v) is 13.0. The Bertz CT molecular complexity index is 1370. The summed E-state index contributed by atoms with van der Waals surface area (Å²) in [5.74, 6) is -4.53. The number of carbonyl (C=O) groups excluding carboxylic acids is 3. The van der Waals surface area contributed by atoms with E-state index in [4.69, 9.17) is 33.2 Å². The average Bonchev–Trinajstić information content (AvgIpc) is 3.66. The number of phenols is 1. The van der Waals surface area contributed by atoms with Crippen LogP contribution in [0.5, 0.6) is 11.5 Å². The third-order valence-corrected chi connectivity index (χ3v) is 8.30. The van der Waals surface area contributed by atoms with Gasteiger partial charge in [0.2, 0.25) is 6.29 Å². The molecular formula is C27H28O15. The quantitative estimate of drug-likeness (QED) is 0.100. The molecule has 5 aliphatic rings. The minimum absolute atomic E-state index is 0.00980. The molecule has 1 aromatic rings. The normalized spacial score (nSPS) is 39.8. The fraction of sp³-hybridized carbons (Fsp3) is 0.519. The van der Waals surface area contributed by atoms with Crippen LogP contribution in [-0.4, -0.2) is 119 Å². The maximum atomic E-state index is 13.4. The number of Topliss-reactive ketones (excluding diaryl/α,β-unsaturated/α-hetero) is 1. The van der Waals surface area contributed by atoms with E-state index in [-0.39, 0.29) is 28.2 Å². The Kier molecular flexibility index (Phi) is 7.00. The van der Waals surface area contributed by atoms with E-state index in [1.807, 2.05) is 0 Å². The zero-order chi connectivity index (χ0) is 30.1. The van der Waals surface area contributed by atoms with Gasteiger partial charge in [0.25, 0.3) is 0 Å². The van der Waals surface area contributed by atoms with Crippen LogP contribution in [0.1, 0.15) is 10.4 Å². The van der Waals surface area contributed by atoms with Crippen LogP contribution in [0.25, 0.3) is 0 Å². The van der Waals surface area contributed by atoms with E-state index in [9.17, 15) is 39.9 Å². The van der Waals surface area contributed by atoms with Gasteiger partial charge >= 0.3 is 11.9 Å².